The van der Waals surface area contributed by atoms with Gasteiger partial charge in [0.15, 0.2) is 5.78 Å². The van der Waals surface area contributed by atoms with E-state index in [-0.39, 0.29) is 11.7 Å². The first-order chi connectivity index (χ1) is 13.2. The lowest BCUT2D eigenvalue weighted by Crippen LogP contribution is -2.09. The topological polar surface area (TPSA) is 42.1 Å². The van der Waals surface area contributed by atoms with Crippen LogP contribution in [0.5, 0.6) is 5.75 Å². The summed E-state index contributed by atoms with van der Waals surface area (Å²) in [6.45, 7) is 0. The third-order valence-corrected chi connectivity index (χ3v) is 4.93. The average molecular weight is 355 g/mol. The number of benzene rings is 3. The number of ketones is 1. The minimum absolute atomic E-state index is 0.0454. The number of Topliss-reactive ketones (excluding diaryl/α,β-unsaturated/α-hetero) is 1. The Balaban J connectivity index is 1.73. The summed E-state index contributed by atoms with van der Waals surface area (Å²) in [6, 6.07) is 27.8. The number of H-pyrrole nitrogens is 1. The number of fused-ring (bicyclic) bond motifs is 1. The van der Waals surface area contributed by atoms with Crippen molar-refractivity contribution < 1.29 is 9.53 Å². The van der Waals surface area contributed by atoms with Crippen LogP contribution in [-0.4, -0.2) is 17.9 Å². The van der Waals surface area contributed by atoms with Gasteiger partial charge in [0, 0.05) is 29.1 Å². The van der Waals surface area contributed by atoms with Crippen LogP contribution in [0, 0.1) is 0 Å². The Labute approximate surface area is 158 Å². The van der Waals surface area contributed by atoms with Crippen molar-refractivity contribution in [1.82, 2.24) is 4.98 Å². The van der Waals surface area contributed by atoms with E-state index in [9.17, 15) is 4.79 Å². The highest BCUT2D eigenvalue weighted by Crippen LogP contribution is 2.32. The van der Waals surface area contributed by atoms with E-state index in [1.54, 1.807) is 7.11 Å². The molecule has 134 valence electrons. The first kappa shape index (κ1) is 17.1. The van der Waals surface area contributed by atoms with Gasteiger partial charge < -0.3 is 9.72 Å². The van der Waals surface area contributed by atoms with Gasteiger partial charge in [-0.1, -0.05) is 60.7 Å². The van der Waals surface area contributed by atoms with Gasteiger partial charge >= 0.3 is 0 Å². The number of aromatic amines is 1. The number of nitrogens with one attached hydrogen (secondary N) is 1. The van der Waals surface area contributed by atoms with E-state index in [0.29, 0.717) is 6.42 Å². The molecule has 0 fully saturated rings. The van der Waals surface area contributed by atoms with Crippen LogP contribution in [-0.2, 0) is 0 Å². The molecule has 4 rings (SSSR count). The molecular weight excluding hydrogens is 334 g/mol. The number of para-hydroxylation sites is 1. The fourth-order valence-corrected chi connectivity index (χ4v) is 3.45. The fourth-order valence-electron chi connectivity index (χ4n) is 3.45. The summed E-state index contributed by atoms with van der Waals surface area (Å²) < 4.78 is 5.28. The van der Waals surface area contributed by atoms with Gasteiger partial charge in [-0.3, -0.25) is 4.79 Å². The van der Waals surface area contributed by atoms with E-state index in [4.69, 9.17) is 4.74 Å². The largest absolute Gasteiger partial charge is 0.497 e. The van der Waals surface area contributed by atoms with E-state index < -0.39 is 0 Å². The van der Waals surface area contributed by atoms with Crippen molar-refractivity contribution in [3.8, 4) is 5.75 Å². The molecule has 1 atom stereocenters. The summed E-state index contributed by atoms with van der Waals surface area (Å²) in [6.07, 6.45) is 0.406. The van der Waals surface area contributed by atoms with Gasteiger partial charge in [-0.25, -0.2) is 0 Å². The SMILES string of the molecule is COc1ccc([C@H](CC(=O)c2ccccc2)c2cc3ccccc3[nH]2)cc1. The van der Waals surface area contributed by atoms with Gasteiger partial charge in [0.1, 0.15) is 5.75 Å². The maximum absolute atomic E-state index is 12.9. The van der Waals surface area contributed by atoms with Gasteiger partial charge in [-0.15, -0.1) is 0 Å². The summed E-state index contributed by atoms with van der Waals surface area (Å²) in [5.41, 5.74) is 3.96. The number of hydrogen-bond acceptors (Lipinski definition) is 2. The molecule has 0 bridgehead atoms. The monoisotopic (exact) mass is 355 g/mol. The van der Waals surface area contributed by atoms with Crippen molar-refractivity contribution >= 4 is 16.7 Å². The molecular formula is C24H21NO2. The predicted molar refractivity (Wildman–Crippen MR) is 109 cm³/mol. The smallest absolute Gasteiger partial charge is 0.163 e. The Morgan fingerprint density at radius 1 is 0.926 bits per heavy atom. The van der Waals surface area contributed by atoms with E-state index >= 15 is 0 Å². The Morgan fingerprint density at radius 2 is 1.63 bits per heavy atom. The van der Waals surface area contributed by atoms with Gasteiger partial charge in [-0.05, 0) is 35.2 Å². The minimum Gasteiger partial charge on any atom is -0.497 e. The van der Waals surface area contributed by atoms with E-state index in [1.165, 1.54) is 0 Å². The second-order valence-corrected chi connectivity index (χ2v) is 6.63. The number of hydrogen-bond donors (Lipinski definition) is 1. The third kappa shape index (κ3) is 3.63. The summed E-state index contributed by atoms with van der Waals surface area (Å²) in [4.78, 5) is 16.4. The first-order valence-electron chi connectivity index (χ1n) is 9.04. The number of rotatable bonds is 6. The highest BCUT2D eigenvalue weighted by Gasteiger charge is 2.21. The molecule has 0 amide bonds. The predicted octanol–water partition coefficient (Wildman–Crippen LogP) is 5.58. The molecule has 4 aromatic rings. The van der Waals surface area contributed by atoms with Crippen LogP contribution in [0.25, 0.3) is 10.9 Å². The Bertz CT molecular complexity index is 1020. The molecule has 0 aliphatic heterocycles. The van der Waals surface area contributed by atoms with Crippen LogP contribution in [0.15, 0.2) is 84.9 Å². The molecule has 3 heteroatoms. The van der Waals surface area contributed by atoms with Crippen LogP contribution >= 0.6 is 0 Å². The van der Waals surface area contributed by atoms with Crippen molar-refractivity contribution in [2.75, 3.05) is 7.11 Å². The number of aromatic nitrogens is 1. The summed E-state index contributed by atoms with van der Waals surface area (Å²) in [5.74, 6) is 0.898. The van der Waals surface area contributed by atoms with Crippen LogP contribution in [0.4, 0.5) is 0 Å². The number of ether oxygens (including phenoxy) is 1. The van der Waals surface area contributed by atoms with Gasteiger partial charge in [-0.2, -0.15) is 0 Å². The van der Waals surface area contributed by atoms with E-state index in [2.05, 4.69) is 23.2 Å². The van der Waals surface area contributed by atoms with Gasteiger partial charge in [0.05, 0.1) is 7.11 Å². The highest BCUT2D eigenvalue weighted by atomic mass is 16.5. The maximum Gasteiger partial charge on any atom is 0.163 e. The van der Waals surface area contributed by atoms with Crippen LogP contribution < -0.4 is 4.74 Å². The fraction of sp³-hybridized carbons (Fsp3) is 0.125. The molecule has 1 N–H and O–H groups in total. The molecule has 0 radical (unpaired) electrons. The summed E-state index contributed by atoms with van der Waals surface area (Å²) in [7, 11) is 1.66. The van der Waals surface area contributed by atoms with Crippen LogP contribution in [0.1, 0.15) is 34.0 Å². The average Bonchev–Trinajstić information content (AvgIpc) is 3.16. The quantitative estimate of drug-likeness (QED) is 0.459. The molecule has 27 heavy (non-hydrogen) atoms. The first-order valence-corrected chi connectivity index (χ1v) is 9.04. The molecule has 0 aliphatic rings. The van der Waals surface area contributed by atoms with Crippen LogP contribution in [0.2, 0.25) is 0 Å². The van der Waals surface area contributed by atoms with Gasteiger partial charge in [0.25, 0.3) is 0 Å². The lowest BCUT2D eigenvalue weighted by atomic mass is 9.89. The molecule has 0 saturated carbocycles. The molecule has 0 spiro atoms. The molecule has 0 saturated heterocycles. The van der Waals surface area contributed by atoms with E-state index in [1.807, 2.05) is 66.7 Å². The molecule has 3 aromatic carbocycles. The van der Waals surface area contributed by atoms with Crippen molar-refractivity contribution in [1.29, 1.82) is 0 Å². The van der Waals surface area contributed by atoms with E-state index in [0.717, 1.165) is 33.5 Å². The molecule has 0 aliphatic carbocycles. The van der Waals surface area contributed by atoms with Crippen molar-refractivity contribution in [2.45, 2.75) is 12.3 Å². The summed E-state index contributed by atoms with van der Waals surface area (Å²) in [5, 5.41) is 1.15. The minimum atomic E-state index is -0.0454. The van der Waals surface area contributed by atoms with Crippen molar-refractivity contribution in [3.63, 3.8) is 0 Å². The standard InChI is InChI=1S/C24H21NO2/c1-27-20-13-11-17(12-14-20)21(16-24(26)18-7-3-2-4-8-18)23-15-19-9-5-6-10-22(19)25-23/h2-15,21,25H,16H2,1H3/t21-/m0/s1. The molecule has 1 heterocycles. The second-order valence-electron chi connectivity index (χ2n) is 6.63. The second kappa shape index (κ2) is 7.50. The lowest BCUT2D eigenvalue weighted by Gasteiger charge is -2.16. The third-order valence-electron chi connectivity index (χ3n) is 4.93. The number of methoxy groups -OCH3 is 1. The zero-order chi connectivity index (χ0) is 18.6. The molecule has 1 aromatic heterocycles. The lowest BCUT2D eigenvalue weighted by molar-refractivity contribution is 0.0977. The van der Waals surface area contributed by atoms with Gasteiger partial charge in [0.2, 0.25) is 0 Å². The summed E-state index contributed by atoms with van der Waals surface area (Å²) >= 11 is 0. The Hall–Kier alpha value is -3.33. The normalized spacial score (nSPS) is 12.0. The molecule has 3 nitrogen and oxygen atoms in total. The van der Waals surface area contributed by atoms with Crippen LogP contribution in [0.3, 0.4) is 0 Å². The molecule has 0 unspecified atom stereocenters. The number of carbonyl (C=O) groups is 1. The maximum atomic E-state index is 12.9. The highest BCUT2D eigenvalue weighted by molar-refractivity contribution is 5.97. The zero-order valence-electron chi connectivity index (χ0n) is 15.2. The zero-order valence-corrected chi connectivity index (χ0v) is 15.2. The Kier molecular flexibility index (Phi) is 4.75. The van der Waals surface area contributed by atoms with Crippen molar-refractivity contribution in [3.05, 3.63) is 102 Å². The Morgan fingerprint density at radius 3 is 2.33 bits per heavy atom. The van der Waals surface area contributed by atoms with Crippen molar-refractivity contribution in [2.24, 2.45) is 0 Å². The number of carbonyl (C=O) groups excluding carboxylic acids is 1.